The predicted molar refractivity (Wildman–Crippen MR) is 114 cm³/mol. The Bertz CT molecular complexity index is 1110. The van der Waals surface area contributed by atoms with Gasteiger partial charge in [-0.15, -0.1) is 13.2 Å². The van der Waals surface area contributed by atoms with Gasteiger partial charge in [0.25, 0.3) is 0 Å². The summed E-state index contributed by atoms with van der Waals surface area (Å²) in [5.74, 6) is -1.85. The van der Waals surface area contributed by atoms with Gasteiger partial charge >= 0.3 is 12.3 Å². The van der Waals surface area contributed by atoms with E-state index in [1.165, 1.54) is 12.1 Å². The highest BCUT2D eigenvalue weighted by Crippen LogP contribution is 2.25. The molecule has 5 nitrogen and oxygen atoms in total. The third-order valence-corrected chi connectivity index (χ3v) is 4.45. The number of carbonyl (C=O) groups is 1. The van der Waals surface area contributed by atoms with Gasteiger partial charge in [0.1, 0.15) is 17.3 Å². The van der Waals surface area contributed by atoms with Gasteiger partial charge in [0.2, 0.25) is 0 Å². The molecule has 172 valence electrons. The highest BCUT2D eigenvalue weighted by molar-refractivity contribution is 5.91. The van der Waals surface area contributed by atoms with E-state index in [0.29, 0.717) is 11.4 Å². The maximum atomic E-state index is 14.4. The lowest BCUT2D eigenvalue weighted by Crippen LogP contribution is -2.17. The lowest BCUT2D eigenvalue weighted by molar-refractivity contribution is -0.274. The van der Waals surface area contributed by atoms with Gasteiger partial charge in [-0.2, -0.15) is 0 Å². The predicted octanol–water partition coefficient (Wildman–Crippen LogP) is 6.25. The van der Waals surface area contributed by atoms with Crippen molar-refractivity contribution < 1.29 is 31.8 Å². The fraction of sp³-hybridized carbons (Fsp3) is 0.208. The van der Waals surface area contributed by atoms with E-state index >= 15 is 0 Å². The van der Waals surface area contributed by atoms with Gasteiger partial charge in [0.05, 0.1) is 5.56 Å². The molecule has 0 aliphatic carbocycles. The number of alkyl halides is 3. The molecule has 3 aromatic rings. The van der Waals surface area contributed by atoms with Crippen LogP contribution in [0.25, 0.3) is 12.2 Å². The Morgan fingerprint density at radius 2 is 1.67 bits per heavy atom. The molecule has 0 radical (unpaired) electrons. The Morgan fingerprint density at radius 1 is 1.00 bits per heavy atom. The number of benzene rings is 2. The van der Waals surface area contributed by atoms with Gasteiger partial charge in [-0.1, -0.05) is 25.5 Å². The molecule has 3 rings (SSSR count). The monoisotopic (exact) mass is 460 g/mol. The quantitative estimate of drug-likeness (QED) is 0.226. The van der Waals surface area contributed by atoms with Crippen molar-refractivity contribution in [3.63, 3.8) is 0 Å². The van der Waals surface area contributed by atoms with Crippen molar-refractivity contribution in [3.05, 3.63) is 83.2 Å². The van der Waals surface area contributed by atoms with E-state index in [4.69, 9.17) is 4.74 Å². The minimum atomic E-state index is -4.83. The van der Waals surface area contributed by atoms with E-state index in [1.54, 1.807) is 24.5 Å². The third kappa shape index (κ3) is 7.41. The first-order valence-corrected chi connectivity index (χ1v) is 10.1. The molecule has 0 saturated carbocycles. The SMILES string of the molecule is CCCCc1cnc(C=Cc2ccc(C(=O)Oc3ccc(OC(F)(F)F)cc3)c(F)c2)nc1. The zero-order valence-corrected chi connectivity index (χ0v) is 17.6. The number of nitrogens with zero attached hydrogens (tertiary/aromatic N) is 2. The minimum Gasteiger partial charge on any atom is -0.423 e. The molecule has 0 atom stereocenters. The number of carbonyl (C=O) groups excluding carboxylic acids is 1. The molecule has 0 saturated heterocycles. The molecule has 0 fully saturated rings. The summed E-state index contributed by atoms with van der Waals surface area (Å²) in [5.41, 5.74) is 1.21. The number of hydrogen-bond acceptors (Lipinski definition) is 5. The highest BCUT2D eigenvalue weighted by Gasteiger charge is 2.31. The number of rotatable bonds is 8. The maximum Gasteiger partial charge on any atom is 0.573 e. The summed E-state index contributed by atoms with van der Waals surface area (Å²) in [5, 5.41) is 0. The second kappa shape index (κ2) is 10.7. The van der Waals surface area contributed by atoms with Crippen molar-refractivity contribution >= 4 is 18.1 Å². The van der Waals surface area contributed by atoms with Gasteiger partial charge in [-0.05, 0) is 66.4 Å². The van der Waals surface area contributed by atoms with E-state index in [1.807, 2.05) is 0 Å². The van der Waals surface area contributed by atoms with Crippen LogP contribution in [0.4, 0.5) is 17.6 Å². The van der Waals surface area contributed by atoms with E-state index in [0.717, 1.165) is 55.2 Å². The van der Waals surface area contributed by atoms with Crippen molar-refractivity contribution in [1.29, 1.82) is 0 Å². The van der Waals surface area contributed by atoms with Crippen LogP contribution >= 0.6 is 0 Å². The Labute approximate surface area is 187 Å². The number of halogens is 4. The molecule has 0 aliphatic rings. The standard InChI is InChI=1S/C24H20F4N2O3/c1-2-3-4-17-14-29-22(30-15-17)12-6-16-5-11-20(21(25)13-16)23(31)32-18-7-9-19(10-8-18)33-24(26,27)28/h5-15H,2-4H2,1H3. The molecular formula is C24H20F4N2O3. The summed E-state index contributed by atoms with van der Waals surface area (Å²) in [6.07, 6.45) is 4.97. The smallest absolute Gasteiger partial charge is 0.423 e. The second-order valence-electron chi connectivity index (χ2n) is 7.03. The normalized spacial score (nSPS) is 11.5. The molecule has 0 unspecified atom stereocenters. The van der Waals surface area contributed by atoms with Gasteiger partial charge in [0.15, 0.2) is 5.82 Å². The Balaban J connectivity index is 1.62. The van der Waals surface area contributed by atoms with Crippen LogP contribution in [0.5, 0.6) is 11.5 Å². The van der Waals surface area contributed by atoms with Crippen molar-refractivity contribution in [2.24, 2.45) is 0 Å². The third-order valence-electron chi connectivity index (χ3n) is 4.45. The second-order valence-corrected chi connectivity index (χ2v) is 7.03. The highest BCUT2D eigenvalue weighted by atomic mass is 19.4. The molecule has 0 N–H and O–H groups in total. The molecule has 0 aliphatic heterocycles. The topological polar surface area (TPSA) is 61.3 Å². The zero-order chi connectivity index (χ0) is 23.8. The summed E-state index contributed by atoms with van der Waals surface area (Å²) in [6.45, 7) is 2.11. The molecule has 0 amide bonds. The number of hydrogen-bond donors (Lipinski definition) is 0. The zero-order valence-electron chi connectivity index (χ0n) is 17.6. The fourth-order valence-corrected chi connectivity index (χ4v) is 2.80. The van der Waals surface area contributed by atoms with E-state index < -0.39 is 23.9 Å². The Morgan fingerprint density at radius 3 is 2.27 bits per heavy atom. The van der Waals surface area contributed by atoms with E-state index in [2.05, 4.69) is 21.6 Å². The fourth-order valence-electron chi connectivity index (χ4n) is 2.80. The summed E-state index contributed by atoms with van der Waals surface area (Å²) >= 11 is 0. The summed E-state index contributed by atoms with van der Waals surface area (Å²) in [4.78, 5) is 20.7. The van der Waals surface area contributed by atoms with Crippen LogP contribution in [-0.4, -0.2) is 22.3 Å². The van der Waals surface area contributed by atoms with Crippen LogP contribution in [0.15, 0.2) is 54.9 Å². The molecule has 9 heteroatoms. The number of unbranched alkanes of at least 4 members (excludes halogenated alkanes) is 1. The van der Waals surface area contributed by atoms with Crippen molar-refractivity contribution in [1.82, 2.24) is 9.97 Å². The molecule has 33 heavy (non-hydrogen) atoms. The average molecular weight is 460 g/mol. The first-order valence-electron chi connectivity index (χ1n) is 10.1. The van der Waals surface area contributed by atoms with Gasteiger partial charge < -0.3 is 9.47 Å². The van der Waals surface area contributed by atoms with Crippen LogP contribution in [-0.2, 0) is 6.42 Å². The Hall–Kier alpha value is -3.75. The first-order chi connectivity index (χ1) is 15.7. The van der Waals surface area contributed by atoms with Gasteiger partial charge in [-0.3, -0.25) is 0 Å². The van der Waals surface area contributed by atoms with E-state index in [-0.39, 0.29) is 11.3 Å². The molecule has 1 aromatic heterocycles. The Kier molecular flexibility index (Phi) is 7.76. The van der Waals surface area contributed by atoms with Crippen LogP contribution in [0.1, 0.15) is 47.1 Å². The van der Waals surface area contributed by atoms with Crippen LogP contribution < -0.4 is 9.47 Å². The molecule has 0 spiro atoms. The molecule has 1 heterocycles. The average Bonchev–Trinajstić information content (AvgIpc) is 2.77. The van der Waals surface area contributed by atoms with Crippen molar-refractivity contribution in [3.8, 4) is 11.5 Å². The molecule has 0 bridgehead atoms. The lowest BCUT2D eigenvalue weighted by Gasteiger charge is -2.10. The summed E-state index contributed by atoms with van der Waals surface area (Å²) < 4.78 is 59.8. The summed E-state index contributed by atoms with van der Waals surface area (Å²) in [7, 11) is 0. The minimum absolute atomic E-state index is 0.0579. The van der Waals surface area contributed by atoms with Crippen LogP contribution in [0.2, 0.25) is 0 Å². The summed E-state index contributed by atoms with van der Waals surface area (Å²) in [6, 6.07) is 8.13. The van der Waals surface area contributed by atoms with E-state index in [9.17, 15) is 22.4 Å². The molecular weight excluding hydrogens is 440 g/mol. The largest absolute Gasteiger partial charge is 0.573 e. The van der Waals surface area contributed by atoms with Crippen molar-refractivity contribution in [2.75, 3.05) is 0 Å². The van der Waals surface area contributed by atoms with Gasteiger partial charge in [-0.25, -0.2) is 19.2 Å². The van der Waals surface area contributed by atoms with Crippen LogP contribution in [0.3, 0.4) is 0 Å². The van der Waals surface area contributed by atoms with Crippen molar-refractivity contribution in [2.45, 2.75) is 32.5 Å². The number of ether oxygens (including phenoxy) is 2. The number of aryl methyl sites for hydroxylation is 1. The number of aromatic nitrogens is 2. The lowest BCUT2D eigenvalue weighted by atomic mass is 10.1. The van der Waals surface area contributed by atoms with Crippen LogP contribution in [0, 0.1) is 5.82 Å². The molecule has 2 aromatic carbocycles. The van der Waals surface area contributed by atoms with Gasteiger partial charge in [0, 0.05) is 12.4 Å². The maximum absolute atomic E-state index is 14.4. The number of esters is 1. The first kappa shape index (κ1) is 23.9.